The number of nitrogen functional groups attached to an aromatic ring is 1. The van der Waals surface area contributed by atoms with Crippen molar-refractivity contribution >= 4 is 17.5 Å². The van der Waals surface area contributed by atoms with Gasteiger partial charge in [0.05, 0.1) is 11.9 Å². The molecular weight excluding hydrogens is 294 g/mol. The molecule has 1 fully saturated rings. The molecule has 8 heteroatoms. The number of aryl methyl sites for hydroxylation is 1. The summed E-state index contributed by atoms with van der Waals surface area (Å²) in [5, 5.41) is 7.27. The van der Waals surface area contributed by atoms with E-state index in [0.717, 1.165) is 37.4 Å². The van der Waals surface area contributed by atoms with E-state index in [1.807, 2.05) is 6.92 Å². The number of nitrogens with two attached hydrogens (primary N) is 1. The monoisotopic (exact) mass is 315 g/mol. The second-order valence-corrected chi connectivity index (χ2v) is 5.78. The molecule has 1 aliphatic heterocycles. The van der Waals surface area contributed by atoms with E-state index in [0.29, 0.717) is 5.82 Å². The fourth-order valence-electron chi connectivity index (χ4n) is 2.86. The number of rotatable bonds is 4. The Morgan fingerprint density at radius 2 is 2.35 bits per heavy atom. The molecule has 3 N–H and O–H groups in total. The van der Waals surface area contributed by atoms with Gasteiger partial charge in [-0.25, -0.2) is 9.67 Å². The molecule has 0 unspecified atom stereocenters. The van der Waals surface area contributed by atoms with E-state index in [1.54, 1.807) is 24.7 Å². The molecule has 23 heavy (non-hydrogen) atoms. The lowest BCUT2D eigenvalue weighted by Crippen LogP contribution is -2.48. The average Bonchev–Trinajstić information content (AvgIpc) is 2.86. The minimum atomic E-state index is -0.0780. The van der Waals surface area contributed by atoms with Crippen molar-refractivity contribution in [1.29, 1.82) is 0 Å². The van der Waals surface area contributed by atoms with Crippen LogP contribution in [-0.2, 0) is 11.3 Å². The summed E-state index contributed by atoms with van der Waals surface area (Å²) in [7, 11) is 0. The van der Waals surface area contributed by atoms with Crippen LogP contribution in [0.5, 0.6) is 0 Å². The highest BCUT2D eigenvalue weighted by atomic mass is 16.2. The SMILES string of the molecule is Cc1cc(N)n(CC(=O)N[C@@H]2CCCN(c3cnccn3)C2)n1. The molecule has 0 bridgehead atoms. The van der Waals surface area contributed by atoms with E-state index in [4.69, 9.17) is 5.73 Å². The van der Waals surface area contributed by atoms with Gasteiger partial charge in [0.15, 0.2) is 0 Å². The van der Waals surface area contributed by atoms with Crippen molar-refractivity contribution < 1.29 is 4.79 Å². The van der Waals surface area contributed by atoms with Gasteiger partial charge in [-0.1, -0.05) is 0 Å². The summed E-state index contributed by atoms with van der Waals surface area (Å²) in [6.07, 6.45) is 7.04. The van der Waals surface area contributed by atoms with Crippen LogP contribution in [0.3, 0.4) is 0 Å². The van der Waals surface area contributed by atoms with Crippen LogP contribution >= 0.6 is 0 Å². The van der Waals surface area contributed by atoms with Crippen molar-refractivity contribution in [3.05, 3.63) is 30.4 Å². The molecule has 0 spiro atoms. The zero-order chi connectivity index (χ0) is 16.2. The van der Waals surface area contributed by atoms with E-state index in [9.17, 15) is 4.79 Å². The van der Waals surface area contributed by atoms with Crippen LogP contribution in [0.15, 0.2) is 24.7 Å². The van der Waals surface area contributed by atoms with Crippen LogP contribution in [-0.4, -0.2) is 44.8 Å². The molecule has 1 amide bonds. The zero-order valence-corrected chi connectivity index (χ0v) is 13.1. The van der Waals surface area contributed by atoms with Crippen molar-refractivity contribution in [2.24, 2.45) is 0 Å². The largest absolute Gasteiger partial charge is 0.384 e. The molecule has 0 radical (unpaired) electrons. The van der Waals surface area contributed by atoms with Gasteiger partial charge < -0.3 is 16.0 Å². The number of carbonyl (C=O) groups excluding carboxylic acids is 1. The average molecular weight is 315 g/mol. The van der Waals surface area contributed by atoms with Crippen molar-refractivity contribution in [3.8, 4) is 0 Å². The molecule has 1 atom stereocenters. The lowest BCUT2D eigenvalue weighted by atomic mass is 10.1. The molecular formula is C15H21N7O. The van der Waals surface area contributed by atoms with Gasteiger partial charge in [-0.2, -0.15) is 5.10 Å². The van der Waals surface area contributed by atoms with Gasteiger partial charge in [-0.3, -0.25) is 9.78 Å². The second-order valence-electron chi connectivity index (χ2n) is 5.78. The minimum Gasteiger partial charge on any atom is -0.384 e. The lowest BCUT2D eigenvalue weighted by Gasteiger charge is -2.33. The van der Waals surface area contributed by atoms with Crippen LogP contribution in [0.2, 0.25) is 0 Å². The van der Waals surface area contributed by atoms with Crippen molar-refractivity contribution in [2.45, 2.75) is 32.4 Å². The third-order valence-corrected chi connectivity index (χ3v) is 3.89. The summed E-state index contributed by atoms with van der Waals surface area (Å²) in [5.41, 5.74) is 6.63. The fraction of sp³-hybridized carbons (Fsp3) is 0.467. The molecule has 1 saturated heterocycles. The Kier molecular flexibility index (Phi) is 4.40. The molecule has 2 aromatic heterocycles. The summed E-state index contributed by atoms with van der Waals surface area (Å²) in [6, 6.07) is 1.85. The Bertz CT molecular complexity index is 670. The summed E-state index contributed by atoms with van der Waals surface area (Å²) in [4.78, 5) is 22.8. The third kappa shape index (κ3) is 3.77. The quantitative estimate of drug-likeness (QED) is 0.844. The summed E-state index contributed by atoms with van der Waals surface area (Å²) in [6.45, 7) is 3.65. The molecule has 0 aromatic carbocycles. The normalized spacial score (nSPS) is 18.0. The molecule has 0 aliphatic carbocycles. The van der Waals surface area contributed by atoms with E-state index >= 15 is 0 Å². The second kappa shape index (κ2) is 6.64. The van der Waals surface area contributed by atoms with Gasteiger partial charge in [0.1, 0.15) is 18.2 Å². The molecule has 8 nitrogen and oxygen atoms in total. The van der Waals surface area contributed by atoms with Crippen molar-refractivity contribution in [2.75, 3.05) is 23.7 Å². The highest BCUT2D eigenvalue weighted by Crippen LogP contribution is 2.16. The van der Waals surface area contributed by atoms with Gasteiger partial charge in [0.2, 0.25) is 5.91 Å². The van der Waals surface area contributed by atoms with Gasteiger partial charge in [-0.15, -0.1) is 0 Å². The molecule has 122 valence electrons. The van der Waals surface area contributed by atoms with Gasteiger partial charge in [0, 0.05) is 37.6 Å². The molecule has 3 rings (SSSR count). The smallest absolute Gasteiger partial charge is 0.242 e. The maximum absolute atomic E-state index is 12.2. The summed E-state index contributed by atoms with van der Waals surface area (Å²) in [5.74, 6) is 1.27. The lowest BCUT2D eigenvalue weighted by molar-refractivity contribution is -0.122. The Labute approximate surface area is 134 Å². The third-order valence-electron chi connectivity index (χ3n) is 3.89. The minimum absolute atomic E-state index is 0.0780. The first kappa shape index (κ1) is 15.3. The first-order chi connectivity index (χ1) is 11.1. The van der Waals surface area contributed by atoms with Crippen molar-refractivity contribution in [1.82, 2.24) is 25.1 Å². The predicted octanol–water partition coefficient (Wildman–Crippen LogP) is 0.349. The van der Waals surface area contributed by atoms with Crippen LogP contribution in [0.1, 0.15) is 18.5 Å². The van der Waals surface area contributed by atoms with Crippen LogP contribution in [0.4, 0.5) is 11.6 Å². The molecule has 3 heterocycles. The highest BCUT2D eigenvalue weighted by Gasteiger charge is 2.22. The van der Waals surface area contributed by atoms with Gasteiger partial charge in [0.25, 0.3) is 0 Å². The van der Waals surface area contributed by atoms with E-state index in [-0.39, 0.29) is 18.5 Å². The number of hydrogen-bond acceptors (Lipinski definition) is 6. The number of aromatic nitrogens is 4. The van der Waals surface area contributed by atoms with Crippen LogP contribution < -0.4 is 16.0 Å². The predicted molar refractivity (Wildman–Crippen MR) is 86.8 cm³/mol. The Balaban J connectivity index is 1.57. The van der Waals surface area contributed by atoms with Crippen LogP contribution in [0, 0.1) is 6.92 Å². The maximum Gasteiger partial charge on any atom is 0.242 e. The molecule has 1 aliphatic rings. The fourth-order valence-corrected chi connectivity index (χ4v) is 2.86. The number of hydrogen-bond donors (Lipinski definition) is 2. The summed E-state index contributed by atoms with van der Waals surface area (Å²) >= 11 is 0. The highest BCUT2D eigenvalue weighted by molar-refractivity contribution is 5.76. The Hall–Kier alpha value is -2.64. The van der Waals surface area contributed by atoms with Gasteiger partial charge in [-0.05, 0) is 19.8 Å². The van der Waals surface area contributed by atoms with E-state index in [1.165, 1.54) is 4.68 Å². The summed E-state index contributed by atoms with van der Waals surface area (Å²) < 4.78 is 1.52. The maximum atomic E-state index is 12.2. The van der Waals surface area contributed by atoms with E-state index in [2.05, 4.69) is 25.3 Å². The standard InChI is InChI=1S/C15H21N7O/c1-11-7-13(16)22(20-11)10-15(23)19-12-3-2-6-21(9-12)14-8-17-4-5-18-14/h4-5,7-8,12H,2-3,6,9-10,16H2,1H3,(H,19,23)/t12-/m1/s1. The van der Waals surface area contributed by atoms with E-state index < -0.39 is 0 Å². The number of anilines is 2. The topological polar surface area (TPSA) is 102 Å². The molecule has 0 saturated carbocycles. The number of nitrogens with one attached hydrogen (secondary N) is 1. The first-order valence-corrected chi connectivity index (χ1v) is 7.72. The number of nitrogens with zero attached hydrogens (tertiary/aromatic N) is 5. The van der Waals surface area contributed by atoms with Crippen molar-refractivity contribution in [3.63, 3.8) is 0 Å². The van der Waals surface area contributed by atoms with Gasteiger partial charge >= 0.3 is 0 Å². The zero-order valence-electron chi connectivity index (χ0n) is 13.1. The first-order valence-electron chi connectivity index (χ1n) is 7.72. The Morgan fingerprint density at radius 1 is 1.48 bits per heavy atom. The Morgan fingerprint density at radius 3 is 3.04 bits per heavy atom. The number of amides is 1. The number of carbonyl (C=O) groups is 1. The van der Waals surface area contributed by atoms with Crippen LogP contribution in [0.25, 0.3) is 0 Å². The molecule has 2 aromatic rings. The number of piperidine rings is 1.